The Kier molecular flexibility index (Phi) is 4.86. The van der Waals surface area contributed by atoms with Crippen molar-refractivity contribution >= 4 is 46.3 Å². The fraction of sp³-hybridized carbons (Fsp3) is 0.0625. The van der Waals surface area contributed by atoms with Crippen LogP contribution in [0.2, 0.25) is 10.0 Å². The summed E-state index contributed by atoms with van der Waals surface area (Å²) in [5.41, 5.74) is 2.12. The van der Waals surface area contributed by atoms with Gasteiger partial charge in [-0.25, -0.2) is 4.98 Å². The normalized spacial score (nSPS) is 10.8. The SMILES string of the molecule is Clc1cccc(Cl)c1CSc1cnc(-c2ccccc2)s1. The molecule has 0 N–H and O–H groups in total. The van der Waals surface area contributed by atoms with E-state index in [1.807, 2.05) is 42.6 Å². The van der Waals surface area contributed by atoms with Crippen LogP contribution >= 0.6 is 46.3 Å². The van der Waals surface area contributed by atoms with Crippen LogP contribution in [0.25, 0.3) is 10.6 Å². The minimum atomic E-state index is 0.711. The Morgan fingerprint density at radius 3 is 2.38 bits per heavy atom. The van der Waals surface area contributed by atoms with Gasteiger partial charge in [0.15, 0.2) is 0 Å². The molecule has 0 fully saturated rings. The number of thiazole rings is 1. The minimum Gasteiger partial charge on any atom is -0.243 e. The lowest BCUT2D eigenvalue weighted by Crippen LogP contribution is -1.83. The molecular formula is C16H11Cl2NS2. The first-order valence-electron chi connectivity index (χ1n) is 6.31. The predicted octanol–water partition coefficient (Wildman–Crippen LogP) is 6.41. The summed E-state index contributed by atoms with van der Waals surface area (Å²) in [5, 5.41) is 2.45. The van der Waals surface area contributed by atoms with E-state index in [1.165, 1.54) is 0 Å². The molecule has 1 heterocycles. The highest BCUT2D eigenvalue weighted by molar-refractivity contribution is 8.00. The van der Waals surface area contributed by atoms with Crippen LogP contribution in [-0.2, 0) is 5.75 Å². The molecule has 0 aliphatic heterocycles. The first-order chi connectivity index (χ1) is 10.2. The Hall–Kier alpha value is -1.00. The van der Waals surface area contributed by atoms with E-state index in [4.69, 9.17) is 23.2 Å². The van der Waals surface area contributed by atoms with Crippen LogP contribution in [0.4, 0.5) is 0 Å². The maximum Gasteiger partial charge on any atom is 0.124 e. The molecule has 0 aliphatic carbocycles. The van der Waals surface area contributed by atoms with Crippen LogP contribution in [0.3, 0.4) is 0 Å². The summed E-state index contributed by atoms with van der Waals surface area (Å²) in [6.07, 6.45) is 1.91. The van der Waals surface area contributed by atoms with E-state index in [1.54, 1.807) is 23.1 Å². The van der Waals surface area contributed by atoms with Crippen molar-refractivity contribution in [2.24, 2.45) is 0 Å². The van der Waals surface area contributed by atoms with Crippen molar-refractivity contribution in [3.8, 4) is 10.6 Å². The third kappa shape index (κ3) is 3.61. The smallest absolute Gasteiger partial charge is 0.124 e. The lowest BCUT2D eigenvalue weighted by atomic mass is 10.2. The molecule has 0 saturated carbocycles. The number of thioether (sulfide) groups is 1. The molecule has 0 bridgehead atoms. The summed E-state index contributed by atoms with van der Waals surface area (Å²) in [5.74, 6) is 0.745. The van der Waals surface area contributed by atoms with E-state index >= 15 is 0 Å². The maximum absolute atomic E-state index is 6.19. The quantitative estimate of drug-likeness (QED) is 0.503. The van der Waals surface area contributed by atoms with Gasteiger partial charge in [-0.2, -0.15) is 0 Å². The minimum absolute atomic E-state index is 0.711. The molecule has 5 heteroatoms. The van der Waals surface area contributed by atoms with Crippen LogP contribution < -0.4 is 0 Å². The molecule has 106 valence electrons. The average Bonchev–Trinajstić information content (AvgIpc) is 2.97. The summed E-state index contributed by atoms with van der Waals surface area (Å²) >= 11 is 15.8. The number of hydrogen-bond acceptors (Lipinski definition) is 3. The summed E-state index contributed by atoms with van der Waals surface area (Å²) < 4.78 is 1.16. The third-order valence-electron chi connectivity index (χ3n) is 2.93. The monoisotopic (exact) mass is 351 g/mol. The van der Waals surface area contributed by atoms with E-state index in [0.717, 1.165) is 26.1 Å². The Bertz CT molecular complexity index is 721. The second-order valence-electron chi connectivity index (χ2n) is 4.34. The average molecular weight is 352 g/mol. The van der Waals surface area contributed by atoms with Crippen molar-refractivity contribution < 1.29 is 0 Å². The summed E-state index contributed by atoms with van der Waals surface area (Å²) in [6, 6.07) is 15.8. The highest BCUT2D eigenvalue weighted by atomic mass is 35.5. The van der Waals surface area contributed by atoms with Crippen molar-refractivity contribution in [3.05, 3.63) is 70.3 Å². The van der Waals surface area contributed by atoms with Crippen molar-refractivity contribution in [3.63, 3.8) is 0 Å². The molecule has 3 aromatic rings. The highest BCUT2D eigenvalue weighted by Crippen LogP contribution is 2.36. The molecular weight excluding hydrogens is 341 g/mol. The standard InChI is InChI=1S/C16H11Cl2NS2/c17-13-7-4-8-14(18)12(13)10-20-15-9-19-16(21-15)11-5-2-1-3-6-11/h1-9H,10H2. The fourth-order valence-electron chi connectivity index (χ4n) is 1.85. The topological polar surface area (TPSA) is 12.9 Å². The summed E-state index contributed by atoms with van der Waals surface area (Å²) in [4.78, 5) is 4.48. The summed E-state index contributed by atoms with van der Waals surface area (Å²) in [6.45, 7) is 0. The van der Waals surface area contributed by atoms with Crippen molar-refractivity contribution in [2.45, 2.75) is 9.96 Å². The first kappa shape index (κ1) is 14.9. The zero-order valence-corrected chi connectivity index (χ0v) is 14.1. The zero-order chi connectivity index (χ0) is 14.7. The van der Waals surface area contributed by atoms with Crippen molar-refractivity contribution in [2.75, 3.05) is 0 Å². The molecule has 3 rings (SSSR count). The van der Waals surface area contributed by atoms with E-state index in [2.05, 4.69) is 17.1 Å². The van der Waals surface area contributed by atoms with Gasteiger partial charge in [0, 0.05) is 21.4 Å². The molecule has 0 radical (unpaired) electrons. The molecule has 0 saturated heterocycles. The second-order valence-corrected chi connectivity index (χ2v) is 7.46. The molecule has 21 heavy (non-hydrogen) atoms. The van der Waals surface area contributed by atoms with Crippen LogP contribution in [0.5, 0.6) is 0 Å². The number of hydrogen-bond donors (Lipinski definition) is 0. The van der Waals surface area contributed by atoms with Crippen LogP contribution in [0, 0.1) is 0 Å². The van der Waals surface area contributed by atoms with Crippen LogP contribution in [0.1, 0.15) is 5.56 Å². The predicted molar refractivity (Wildman–Crippen MR) is 93.6 cm³/mol. The highest BCUT2D eigenvalue weighted by Gasteiger charge is 2.09. The number of aromatic nitrogens is 1. The lowest BCUT2D eigenvalue weighted by Gasteiger charge is -2.04. The molecule has 0 atom stereocenters. The number of halogens is 2. The second kappa shape index (κ2) is 6.84. The van der Waals surface area contributed by atoms with Gasteiger partial charge in [0.2, 0.25) is 0 Å². The van der Waals surface area contributed by atoms with Gasteiger partial charge in [-0.05, 0) is 17.7 Å². The lowest BCUT2D eigenvalue weighted by molar-refractivity contribution is 1.36. The van der Waals surface area contributed by atoms with Gasteiger partial charge < -0.3 is 0 Å². The Balaban J connectivity index is 1.74. The van der Waals surface area contributed by atoms with Gasteiger partial charge in [-0.3, -0.25) is 0 Å². The molecule has 0 spiro atoms. The van der Waals surface area contributed by atoms with Gasteiger partial charge in [-0.1, -0.05) is 59.6 Å². The largest absolute Gasteiger partial charge is 0.243 e. The van der Waals surface area contributed by atoms with Gasteiger partial charge in [0.25, 0.3) is 0 Å². The van der Waals surface area contributed by atoms with Crippen molar-refractivity contribution in [1.82, 2.24) is 4.98 Å². The molecule has 0 amide bonds. The Morgan fingerprint density at radius 1 is 0.952 bits per heavy atom. The van der Waals surface area contributed by atoms with Gasteiger partial charge in [0.05, 0.1) is 10.4 Å². The number of nitrogens with zero attached hydrogens (tertiary/aromatic N) is 1. The van der Waals surface area contributed by atoms with Gasteiger partial charge in [-0.15, -0.1) is 23.1 Å². The fourth-order valence-corrected chi connectivity index (χ4v) is 4.57. The van der Waals surface area contributed by atoms with E-state index < -0.39 is 0 Å². The van der Waals surface area contributed by atoms with Crippen LogP contribution in [-0.4, -0.2) is 4.98 Å². The first-order valence-corrected chi connectivity index (χ1v) is 8.87. The molecule has 0 unspecified atom stereocenters. The van der Waals surface area contributed by atoms with Gasteiger partial charge >= 0.3 is 0 Å². The third-order valence-corrected chi connectivity index (χ3v) is 5.90. The Labute approximate surface area is 142 Å². The van der Waals surface area contributed by atoms with Crippen LogP contribution in [0.15, 0.2) is 58.9 Å². The summed E-state index contributed by atoms with van der Waals surface area (Å²) in [7, 11) is 0. The number of benzene rings is 2. The maximum atomic E-state index is 6.19. The zero-order valence-electron chi connectivity index (χ0n) is 10.9. The van der Waals surface area contributed by atoms with E-state index in [-0.39, 0.29) is 0 Å². The van der Waals surface area contributed by atoms with E-state index in [9.17, 15) is 0 Å². The molecule has 2 aromatic carbocycles. The van der Waals surface area contributed by atoms with Crippen molar-refractivity contribution in [1.29, 1.82) is 0 Å². The molecule has 0 aliphatic rings. The molecule has 1 nitrogen and oxygen atoms in total. The Morgan fingerprint density at radius 2 is 1.67 bits per heavy atom. The van der Waals surface area contributed by atoms with Gasteiger partial charge in [0.1, 0.15) is 5.01 Å². The number of rotatable bonds is 4. The molecule has 1 aromatic heterocycles. The van der Waals surface area contributed by atoms with E-state index in [0.29, 0.717) is 10.0 Å².